The first-order chi connectivity index (χ1) is 11.6. The number of hydrogen-bond donors (Lipinski definition) is 0. The zero-order chi connectivity index (χ0) is 17.0. The lowest BCUT2D eigenvalue weighted by molar-refractivity contribution is 0.0683. The molecular formula is C17H17ClN2O3S. The number of morpholine rings is 1. The average Bonchev–Trinajstić information content (AvgIpc) is 2.62. The van der Waals surface area contributed by atoms with Crippen LogP contribution in [0.3, 0.4) is 0 Å². The van der Waals surface area contributed by atoms with E-state index < -0.39 is 10.0 Å². The van der Waals surface area contributed by atoms with Crippen molar-refractivity contribution in [3.05, 3.63) is 65.2 Å². The Hall–Kier alpha value is -1.89. The van der Waals surface area contributed by atoms with Gasteiger partial charge in [0.15, 0.2) is 0 Å². The minimum absolute atomic E-state index is 0.119. The van der Waals surface area contributed by atoms with E-state index in [1.54, 1.807) is 12.1 Å². The van der Waals surface area contributed by atoms with Crippen LogP contribution in [0, 0.1) is 0 Å². The summed E-state index contributed by atoms with van der Waals surface area (Å²) in [6, 6.07) is 15.3. The molecule has 1 aliphatic heterocycles. The summed E-state index contributed by atoms with van der Waals surface area (Å²) >= 11 is 5.83. The molecule has 1 aliphatic rings. The van der Waals surface area contributed by atoms with Crippen LogP contribution in [-0.2, 0) is 14.8 Å². The third-order valence-electron chi connectivity index (χ3n) is 3.66. The highest BCUT2D eigenvalue weighted by molar-refractivity contribution is 7.90. The van der Waals surface area contributed by atoms with Crippen LogP contribution >= 0.6 is 11.6 Å². The van der Waals surface area contributed by atoms with Gasteiger partial charge in [-0.3, -0.25) is 0 Å². The highest BCUT2D eigenvalue weighted by Gasteiger charge is 2.21. The minimum Gasteiger partial charge on any atom is -0.378 e. The monoisotopic (exact) mass is 364 g/mol. The number of sulfonamides is 1. The smallest absolute Gasteiger partial charge is 0.284 e. The van der Waals surface area contributed by atoms with Crippen LogP contribution in [-0.4, -0.2) is 45.5 Å². The molecule has 1 fully saturated rings. The summed E-state index contributed by atoms with van der Waals surface area (Å²) in [6.07, 6.45) is 0. The van der Waals surface area contributed by atoms with Gasteiger partial charge >= 0.3 is 0 Å². The molecule has 0 radical (unpaired) electrons. The molecule has 5 nitrogen and oxygen atoms in total. The van der Waals surface area contributed by atoms with E-state index in [0.717, 1.165) is 5.56 Å². The van der Waals surface area contributed by atoms with E-state index in [4.69, 9.17) is 16.3 Å². The highest BCUT2D eigenvalue weighted by atomic mass is 35.5. The zero-order valence-corrected chi connectivity index (χ0v) is 14.5. The molecular weight excluding hydrogens is 348 g/mol. The van der Waals surface area contributed by atoms with Crippen LogP contribution in [0.25, 0.3) is 0 Å². The standard InChI is InChI=1S/C17H17ClN2O3S/c18-15-6-8-16(9-7-15)24(21,22)19-17(14-4-2-1-3-5-14)20-10-12-23-13-11-20/h1-9H,10-13H2/b19-17-. The molecule has 0 aromatic heterocycles. The van der Waals surface area contributed by atoms with Gasteiger partial charge in [-0.2, -0.15) is 8.42 Å². The Morgan fingerprint density at radius 2 is 1.62 bits per heavy atom. The number of hydrogen-bond acceptors (Lipinski definition) is 3. The van der Waals surface area contributed by atoms with Crippen LogP contribution < -0.4 is 0 Å². The zero-order valence-electron chi connectivity index (χ0n) is 12.9. The molecule has 0 saturated carbocycles. The Kier molecular flexibility index (Phi) is 5.18. The van der Waals surface area contributed by atoms with Crippen LogP contribution in [0.5, 0.6) is 0 Å². The molecule has 0 bridgehead atoms. The molecule has 126 valence electrons. The second-order valence-electron chi connectivity index (χ2n) is 5.31. The normalized spacial score (nSPS) is 16.2. The van der Waals surface area contributed by atoms with Gasteiger partial charge in [-0.15, -0.1) is 4.40 Å². The lowest BCUT2D eigenvalue weighted by Crippen LogP contribution is -2.41. The van der Waals surface area contributed by atoms with E-state index in [0.29, 0.717) is 37.2 Å². The topological polar surface area (TPSA) is 59.0 Å². The van der Waals surface area contributed by atoms with Crippen LogP contribution in [0.2, 0.25) is 5.02 Å². The summed E-state index contributed by atoms with van der Waals surface area (Å²) in [5.74, 6) is 0.439. The van der Waals surface area contributed by atoms with Gasteiger partial charge in [0, 0.05) is 23.7 Å². The van der Waals surface area contributed by atoms with Crippen molar-refractivity contribution >= 4 is 27.5 Å². The first-order valence-electron chi connectivity index (χ1n) is 7.55. The first kappa shape index (κ1) is 17.0. The summed E-state index contributed by atoms with van der Waals surface area (Å²) in [5, 5.41) is 0.481. The second-order valence-corrected chi connectivity index (χ2v) is 7.35. The summed E-state index contributed by atoms with van der Waals surface area (Å²) in [4.78, 5) is 2.06. The van der Waals surface area contributed by atoms with Gasteiger partial charge in [0.2, 0.25) is 0 Å². The first-order valence-corrected chi connectivity index (χ1v) is 9.37. The van der Waals surface area contributed by atoms with Crippen molar-refractivity contribution in [2.45, 2.75) is 4.90 Å². The van der Waals surface area contributed by atoms with Crippen molar-refractivity contribution in [2.24, 2.45) is 4.40 Å². The van der Waals surface area contributed by atoms with Gasteiger partial charge in [0.1, 0.15) is 5.84 Å². The number of amidine groups is 1. The Labute approximate surface area is 146 Å². The number of ether oxygens (including phenoxy) is 1. The molecule has 24 heavy (non-hydrogen) atoms. The van der Waals surface area contributed by atoms with Crippen molar-refractivity contribution in [1.29, 1.82) is 0 Å². The fourth-order valence-electron chi connectivity index (χ4n) is 2.43. The summed E-state index contributed by atoms with van der Waals surface area (Å²) in [7, 11) is -3.83. The fourth-order valence-corrected chi connectivity index (χ4v) is 3.59. The Balaban J connectivity index is 2.03. The summed E-state index contributed by atoms with van der Waals surface area (Å²) < 4.78 is 34.8. The maximum Gasteiger partial charge on any atom is 0.284 e. The van der Waals surface area contributed by atoms with E-state index in [1.165, 1.54) is 12.1 Å². The third kappa shape index (κ3) is 3.95. The van der Waals surface area contributed by atoms with E-state index >= 15 is 0 Å². The Bertz CT molecular complexity index is 815. The molecule has 2 aromatic rings. The number of rotatable bonds is 3. The van der Waals surface area contributed by atoms with Crippen molar-refractivity contribution < 1.29 is 13.2 Å². The van der Waals surface area contributed by atoms with Gasteiger partial charge in [-0.25, -0.2) is 0 Å². The second kappa shape index (κ2) is 7.34. The SMILES string of the molecule is O=S(=O)(/N=C(/c1ccccc1)N1CCOCC1)c1ccc(Cl)cc1. The van der Waals surface area contributed by atoms with Crippen LogP contribution in [0.1, 0.15) is 5.56 Å². The number of benzene rings is 2. The van der Waals surface area contributed by atoms with Crippen molar-refractivity contribution in [3.63, 3.8) is 0 Å². The van der Waals surface area contributed by atoms with Crippen molar-refractivity contribution in [2.75, 3.05) is 26.3 Å². The lowest BCUT2D eigenvalue weighted by atomic mass is 10.2. The Morgan fingerprint density at radius 1 is 1.00 bits per heavy atom. The maximum absolute atomic E-state index is 12.7. The van der Waals surface area contributed by atoms with Gasteiger partial charge < -0.3 is 9.64 Å². The molecule has 0 atom stereocenters. The van der Waals surface area contributed by atoms with Crippen molar-refractivity contribution in [3.8, 4) is 0 Å². The quantitative estimate of drug-likeness (QED) is 0.620. The summed E-state index contributed by atoms with van der Waals surface area (Å²) in [5.41, 5.74) is 0.761. The lowest BCUT2D eigenvalue weighted by Gasteiger charge is -2.29. The average molecular weight is 365 g/mol. The van der Waals surface area contributed by atoms with Gasteiger partial charge in [-0.1, -0.05) is 41.9 Å². The maximum atomic E-state index is 12.7. The predicted octanol–water partition coefficient (Wildman–Crippen LogP) is 2.81. The fraction of sp³-hybridized carbons (Fsp3) is 0.235. The molecule has 0 unspecified atom stereocenters. The van der Waals surface area contributed by atoms with Gasteiger partial charge in [0.05, 0.1) is 18.1 Å². The molecule has 2 aromatic carbocycles. The number of nitrogens with zero attached hydrogens (tertiary/aromatic N) is 2. The molecule has 0 amide bonds. The van der Waals surface area contributed by atoms with Crippen LogP contribution in [0.4, 0.5) is 0 Å². The van der Waals surface area contributed by atoms with Gasteiger partial charge in [0.25, 0.3) is 10.0 Å². The Morgan fingerprint density at radius 3 is 2.25 bits per heavy atom. The molecule has 3 rings (SSSR count). The predicted molar refractivity (Wildman–Crippen MR) is 94.0 cm³/mol. The van der Waals surface area contributed by atoms with E-state index in [1.807, 2.05) is 35.2 Å². The van der Waals surface area contributed by atoms with Gasteiger partial charge in [-0.05, 0) is 24.3 Å². The third-order valence-corrected chi connectivity index (χ3v) is 5.19. The summed E-state index contributed by atoms with van der Waals surface area (Å²) in [6.45, 7) is 2.30. The molecule has 0 spiro atoms. The molecule has 1 saturated heterocycles. The van der Waals surface area contributed by atoms with E-state index in [-0.39, 0.29) is 4.90 Å². The molecule has 7 heteroatoms. The highest BCUT2D eigenvalue weighted by Crippen LogP contribution is 2.18. The molecule has 0 aliphatic carbocycles. The number of halogens is 1. The minimum atomic E-state index is -3.83. The van der Waals surface area contributed by atoms with E-state index in [2.05, 4.69) is 4.40 Å². The van der Waals surface area contributed by atoms with E-state index in [9.17, 15) is 8.42 Å². The largest absolute Gasteiger partial charge is 0.378 e. The van der Waals surface area contributed by atoms with Crippen LogP contribution in [0.15, 0.2) is 63.9 Å². The molecule has 0 N–H and O–H groups in total. The molecule has 1 heterocycles. The van der Waals surface area contributed by atoms with Crippen molar-refractivity contribution in [1.82, 2.24) is 4.90 Å².